The van der Waals surface area contributed by atoms with Gasteiger partial charge < -0.3 is 16.8 Å². The molecule has 1 unspecified atom stereocenters. The van der Waals surface area contributed by atoms with E-state index >= 15 is 0 Å². The van der Waals surface area contributed by atoms with Crippen LogP contribution in [0.5, 0.6) is 0 Å². The first-order chi connectivity index (χ1) is 15.8. The molecule has 5 N–H and O–H groups in total. The lowest BCUT2D eigenvalue weighted by Crippen LogP contribution is -2.41. The average molecular weight is 471 g/mol. The second kappa shape index (κ2) is 13.4. The van der Waals surface area contributed by atoms with Crippen LogP contribution in [-0.2, 0) is 22.4 Å². The van der Waals surface area contributed by atoms with E-state index in [0.29, 0.717) is 32.2 Å². The summed E-state index contributed by atoms with van der Waals surface area (Å²) in [5.74, 6) is -0.547. The lowest BCUT2D eigenvalue weighted by Gasteiger charge is -2.16. The second-order valence-corrected chi connectivity index (χ2v) is 8.63. The summed E-state index contributed by atoms with van der Waals surface area (Å²) >= 11 is 1.51. The van der Waals surface area contributed by atoms with Gasteiger partial charge in [0.25, 0.3) is 0 Å². The fourth-order valence-electron chi connectivity index (χ4n) is 3.07. The number of carbonyl (C=O) groups is 2. The number of aromatic nitrogens is 1. The molecule has 6 nitrogen and oxygen atoms in total. The van der Waals surface area contributed by atoms with Crippen LogP contribution in [0.4, 0.5) is 4.39 Å². The van der Waals surface area contributed by atoms with E-state index in [4.69, 9.17) is 5.73 Å². The number of hydrogen-bond donors (Lipinski definition) is 3. The normalized spacial score (nSPS) is 11.3. The summed E-state index contributed by atoms with van der Waals surface area (Å²) in [4.78, 5) is 27.4. The summed E-state index contributed by atoms with van der Waals surface area (Å²) in [6.45, 7) is 4.02. The van der Waals surface area contributed by atoms with Gasteiger partial charge in [-0.2, -0.15) is 0 Å². The highest BCUT2D eigenvalue weighted by Gasteiger charge is 2.14. The quantitative estimate of drug-likeness (QED) is 0.442. The Morgan fingerprint density at radius 1 is 1.15 bits per heavy atom. The van der Waals surface area contributed by atoms with Crippen LogP contribution in [0.2, 0.25) is 0 Å². The molecule has 33 heavy (non-hydrogen) atoms. The minimum atomic E-state index is -0.266. The first-order valence-electron chi connectivity index (χ1n) is 10.9. The Hall–Kier alpha value is -3.10. The number of hydrogen-bond acceptors (Lipinski definition) is 5. The van der Waals surface area contributed by atoms with Gasteiger partial charge >= 0.3 is 0 Å². The van der Waals surface area contributed by atoms with Crippen LogP contribution < -0.4 is 16.8 Å². The van der Waals surface area contributed by atoms with E-state index in [2.05, 4.69) is 16.0 Å². The zero-order valence-electron chi connectivity index (χ0n) is 19.0. The number of nitrogens with two attached hydrogens (primary N) is 2. The molecule has 0 bridgehead atoms. The molecule has 0 spiro atoms. The van der Waals surface area contributed by atoms with Crippen LogP contribution in [0.25, 0.3) is 10.4 Å². The highest BCUT2D eigenvalue weighted by atomic mass is 32.1. The largest absolute Gasteiger partial charge is 0.370 e. The van der Waals surface area contributed by atoms with Gasteiger partial charge in [-0.05, 0) is 36.6 Å². The predicted octanol–water partition coefficient (Wildman–Crippen LogP) is 3.76. The van der Waals surface area contributed by atoms with Crippen molar-refractivity contribution < 1.29 is 14.0 Å². The molecule has 3 rings (SSSR count). The van der Waals surface area contributed by atoms with Gasteiger partial charge in [-0.25, -0.2) is 9.37 Å². The Balaban J connectivity index is 0.000000696. The van der Waals surface area contributed by atoms with Crippen molar-refractivity contribution in [2.24, 2.45) is 11.5 Å². The monoisotopic (exact) mass is 470 g/mol. The number of carbonyl (C=O) groups excluding carboxylic acids is 2. The summed E-state index contributed by atoms with van der Waals surface area (Å²) in [5, 5.41) is 3.88. The van der Waals surface area contributed by atoms with Crippen LogP contribution in [0, 0.1) is 12.7 Å². The summed E-state index contributed by atoms with van der Waals surface area (Å²) in [7, 11) is 0. The Morgan fingerprint density at radius 3 is 2.45 bits per heavy atom. The number of nitrogens with zero attached hydrogens (tertiary/aromatic N) is 1. The van der Waals surface area contributed by atoms with Gasteiger partial charge in [0.15, 0.2) is 0 Å². The average Bonchev–Trinajstić information content (AvgIpc) is 3.19. The standard InChI is InChI=1S/C22H24FN3OS.C3H7NO/c1-15-22(17-8-5-9-18(23)13-17)28-21(25-15)11-10-20(27)26-19(14-24)12-16-6-3-2-4-7-16;1-2-3(4)5/h2-9,13,19H,10-12,14,24H2,1H3,(H,26,27);2H2,1H3,(H2,4,5). The summed E-state index contributed by atoms with van der Waals surface area (Å²) in [6, 6.07) is 16.4. The number of rotatable bonds is 9. The van der Waals surface area contributed by atoms with E-state index in [0.717, 1.165) is 26.7 Å². The van der Waals surface area contributed by atoms with Crippen molar-refractivity contribution in [1.82, 2.24) is 10.3 Å². The number of amides is 2. The molecule has 0 aliphatic carbocycles. The Morgan fingerprint density at radius 2 is 1.85 bits per heavy atom. The van der Waals surface area contributed by atoms with Gasteiger partial charge in [0.05, 0.1) is 15.6 Å². The first-order valence-corrected chi connectivity index (χ1v) is 11.7. The Kier molecular flexibility index (Phi) is 10.7. The molecule has 0 aliphatic heterocycles. The van der Waals surface area contributed by atoms with Crippen molar-refractivity contribution in [3.8, 4) is 10.4 Å². The number of benzene rings is 2. The van der Waals surface area contributed by atoms with E-state index in [-0.39, 0.29) is 23.7 Å². The zero-order valence-corrected chi connectivity index (χ0v) is 19.8. The van der Waals surface area contributed by atoms with Crippen molar-refractivity contribution >= 4 is 23.2 Å². The molecule has 3 aromatic rings. The van der Waals surface area contributed by atoms with Crippen molar-refractivity contribution in [3.05, 3.63) is 76.7 Å². The Labute approximate surface area is 198 Å². The molecule has 0 fully saturated rings. The van der Waals surface area contributed by atoms with Gasteiger partial charge in [0.1, 0.15) is 5.82 Å². The van der Waals surface area contributed by atoms with Crippen molar-refractivity contribution in [2.45, 2.75) is 45.6 Å². The molecule has 2 aromatic carbocycles. The van der Waals surface area contributed by atoms with E-state index in [9.17, 15) is 14.0 Å². The number of primary amides is 1. The minimum absolute atomic E-state index is 0.0356. The van der Waals surface area contributed by atoms with Crippen LogP contribution in [0.15, 0.2) is 54.6 Å². The lowest BCUT2D eigenvalue weighted by atomic mass is 10.1. The van der Waals surface area contributed by atoms with Crippen molar-refractivity contribution in [1.29, 1.82) is 0 Å². The number of thiazole rings is 1. The highest BCUT2D eigenvalue weighted by Crippen LogP contribution is 2.30. The van der Waals surface area contributed by atoms with E-state index < -0.39 is 0 Å². The lowest BCUT2D eigenvalue weighted by molar-refractivity contribution is -0.121. The SMILES string of the molecule is CCC(N)=O.Cc1nc(CCC(=O)NC(CN)Cc2ccccc2)sc1-c1cccc(F)c1. The van der Waals surface area contributed by atoms with Crippen LogP contribution >= 0.6 is 11.3 Å². The van der Waals surface area contributed by atoms with Gasteiger partial charge in [-0.1, -0.05) is 49.4 Å². The minimum Gasteiger partial charge on any atom is -0.370 e. The van der Waals surface area contributed by atoms with E-state index in [1.54, 1.807) is 13.0 Å². The first kappa shape index (κ1) is 26.2. The topological polar surface area (TPSA) is 111 Å². The number of halogens is 1. The second-order valence-electron chi connectivity index (χ2n) is 7.54. The van der Waals surface area contributed by atoms with Crippen LogP contribution in [0.3, 0.4) is 0 Å². The maximum Gasteiger partial charge on any atom is 0.220 e. The Bertz CT molecular complexity index is 1040. The molecule has 0 saturated heterocycles. The van der Waals surface area contributed by atoms with E-state index in [1.165, 1.54) is 23.5 Å². The fourth-order valence-corrected chi connectivity index (χ4v) is 4.13. The van der Waals surface area contributed by atoms with Crippen molar-refractivity contribution in [2.75, 3.05) is 6.54 Å². The molecular weight excluding hydrogens is 439 g/mol. The predicted molar refractivity (Wildman–Crippen MR) is 131 cm³/mol. The van der Waals surface area contributed by atoms with Crippen LogP contribution in [0.1, 0.15) is 36.0 Å². The van der Waals surface area contributed by atoms with Gasteiger partial charge in [-0.3, -0.25) is 9.59 Å². The van der Waals surface area contributed by atoms with Gasteiger partial charge in [-0.15, -0.1) is 11.3 Å². The smallest absolute Gasteiger partial charge is 0.220 e. The molecule has 0 saturated carbocycles. The van der Waals surface area contributed by atoms with Gasteiger partial charge in [0, 0.05) is 31.8 Å². The maximum absolute atomic E-state index is 13.5. The summed E-state index contributed by atoms with van der Waals surface area (Å²) in [6.07, 6.45) is 2.05. The van der Waals surface area contributed by atoms with Crippen molar-refractivity contribution in [3.63, 3.8) is 0 Å². The van der Waals surface area contributed by atoms with Gasteiger partial charge in [0.2, 0.25) is 11.8 Å². The molecule has 176 valence electrons. The summed E-state index contributed by atoms with van der Waals surface area (Å²) < 4.78 is 13.5. The molecule has 8 heteroatoms. The maximum atomic E-state index is 13.5. The molecule has 1 heterocycles. The summed E-state index contributed by atoms with van der Waals surface area (Å²) in [5.41, 5.74) is 13.3. The van der Waals surface area contributed by atoms with Crippen LogP contribution in [-0.4, -0.2) is 29.4 Å². The van der Waals surface area contributed by atoms with E-state index in [1.807, 2.05) is 43.3 Å². The molecule has 1 atom stereocenters. The molecule has 0 aliphatic rings. The number of aryl methyl sites for hydroxylation is 2. The fraction of sp³-hybridized carbons (Fsp3) is 0.320. The number of nitrogens with one attached hydrogen (secondary N) is 1. The zero-order chi connectivity index (χ0) is 24.2. The highest BCUT2D eigenvalue weighted by molar-refractivity contribution is 7.15. The third-order valence-corrected chi connectivity index (χ3v) is 6.08. The molecule has 1 aromatic heterocycles. The third-order valence-electron chi connectivity index (χ3n) is 4.82. The third kappa shape index (κ3) is 9.11. The molecule has 2 amide bonds. The molecule has 0 radical (unpaired) electrons. The molecular formula is C25H31FN4O2S.